The number of carboxylic acids is 1. The monoisotopic (exact) mass is 251 g/mol. The van der Waals surface area contributed by atoms with E-state index in [2.05, 4.69) is 13.8 Å². The Labute approximate surface area is 109 Å². The van der Waals surface area contributed by atoms with Crippen molar-refractivity contribution in [3.63, 3.8) is 0 Å². The molecule has 3 rings (SSSR count). The summed E-state index contributed by atoms with van der Waals surface area (Å²) in [5.74, 6) is 2.04. The lowest BCUT2D eigenvalue weighted by Crippen LogP contribution is -2.64. The average Bonchev–Trinajstić information content (AvgIpc) is 2.64. The molecule has 6 atom stereocenters. The van der Waals surface area contributed by atoms with Crippen molar-refractivity contribution in [2.75, 3.05) is 6.54 Å². The Morgan fingerprint density at radius 1 is 1.33 bits per heavy atom. The van der Waals surface area contributed by atoms with Crippen LogP contribution in [0.25, 0.3) is 0 Å². The molecule has 0 saturated heterocycles. The molecule has 3 N–H and O–H groups in total. The topological polar surface area (TPSA) is 63.3 Å². The van der Waals surface area contributed by atoms with Crippen molar-refractivity contribution < 1.29 is 9.90 Å². The van der Waals surface area contributed by atoms with Crippen LogP contribution in [-0.4, -0.2) is 17.6 Å². The first-order chi connectivity index (χ1) is 8.45. The van der Waals surface area contributed by atoms with E-state index in [-0.39, 0.29) is 5.41 Å². The normalized spacial score (nSPS) is 53.7. The predicted molar refractivity (Wildman–Crippen MR) is 69.9 cm³/mol. The Hall–Kier alpha value is -0.570. The molecule has 3 fully saturated rings. The van der Waals surface area contributed by atoms with E-state index in [1.807, 2.05) is 0 Å². The van der Waals surface area contributed by atoms with Gasteiger partial charge in [-0.15, -0.1) is 0 Å². The molecule has 102 valence electrons. The predicted octanol–water partition coefficient (Wildman–Crippen LogP) is 2.50. The second-order valence-electron chi connectivity index (χ2n) is 7.27. The van der Waals surface area contributed by atoms with E-state index in [1.54, 1.807) is 0 Å². The highest BCUT2D eigenvalue weighted by Crippen LogP contribution is 2.75. The van der Waals surface area contributed by atoms with Crippen LogP contribution in [0.3, 0.4) is 0 Å². The number of carboxylic acid groups (broad SMARTS) is 1. The summed E-state index contributed by atoms with van der Waals surface area (Å²) in [6.45, 7) is 5.39. The van der Waals surface area contributed by atoms with Gasteiger partial charge in [-0.25, -0.2) is 0 Å². The lowest BCUT2D eigenvalue weighted by Gasteiger charge is -2.66. The van der Waals surface area contributed by atoms with E-state index >= 15 is 0 Å². The van der Waals surface area contributed by atoms with Crippen molar-refractivity contribution in [1.82, 2.24) is 0 Å². The molecule has 3 aliphatic rings. The van der Waals surface area contributed by atoms with Crippen LogP contribution in [0, 0.1) is 34.5 Å². The third-order valence-corrected chi connectivity index (χ3v) is 7.00. The van der Waals surface area contributed by atoms with Gasteiger partial charge in [-0.1, -0.05) is 13.8 Å². The van der Waals surface area contributed by atoms with E-state index in [0.29, 0.717) is 30.2 Å². The van der Waals surface area contributed by atoms with Gasteiger partial charge in [0, 0.05) is 0 Å². The number of nitrogens with two attached hydrogens (primary N) is 1. The molecule has 0 bridgehead atoms. The van der Waals surface area contributed by atoms with Crippen LogP contribution >= 0.6 is 0 Å². The molecule has 0 radical (unpaired) electrons. The molecular weight excluding hydrogens is 226 g/mol. The Bertz CT molecular complexity index is 383. The molecule has 3 heteroatoms. The minimum absolute atomic E-state index is 0.0750. The smallest absolute Gasteiger partial charge is 0.303 e. The summed E-state index contributed by atoms with van der Waals surface area (Å²) in [6, 6.07) is 0. The summed E-state index contributed by atoms with van der Waals surface area (Å²) >= 11 is 0. The van der Waals surface area contributed by atoms with Crippen LogP contribution < -0.4 is 5.73 Å². The highest BCUT2D eigenvalue weighted by Gasteiger charge is 2.70. The van der Waals surface area contributed by atoms with Crippen LogP contribution in [0.4, 0.5) is 0 Å². The molecule has 0 amide bonds. The summed E-state index contributed by atoms with van der Waals surface area (Å²) in [5, 5.41) is 9.22. The van der Waals surface area contributed by atoms with Gasteiger partial charge in [-0.3, -0.25) is 4.79 Å². The Balaban J connectivity index is 1.93. The number of hydrogen-bond donors (Lipinski definition) is 2. The van der Waals surface area contributed by atoms with Crippen LogP contribution in [0.2, 0.25) is 0 Å². The van der Waals surface area contributed by atoms with E-state index in [1.165, 1.54) is 25.7 Å². The largest absolute Gasteiger partial charge is 0.481 e. The van der Waals surface area contributed by atoms with Gasteiger partial charge < -0.3 is 10.8 Å². The molecule has 18 heavy (non-hydrogen) atoms. The van der Waals surface area contributed by atoms with E-state index in [0.717, 1.165) is 11.8 Å². The SMILES string of the molecule is CC1CCC2C3C(CCC13C)C2(CN)CC(=O)O. The van der Waals surface area contributed by atoms with E-state index in [9.17, 15) is 9.90 Å². The third kappa shape index (κ3) is 1.26. The van der Waals surface area contributed by atoms with Crippen molar-refractivity contribution in [3.05, 3.63) is 0 Å². The van der Waals surface area contributed by atoms with Gasteiger partial charge in [-0.2, -0.15) is 0 Å². The number of carbonyl (C=O) groups is 1. The molecule has 3 saturated carbocycles. The van der Waals surface area contributed by atoms with E-state index in [4.69, 9.17) is 5.73 Å². The van der Waals surface area contributed by atoms with E-state index < -0.39 is 5.97 Å². The summed E-state index contributed by atoms with van der Waals surface area (Å²) in [6.07, 6.45) is 5.22. The average molecular weight is 251 g/mol. The zero-order valence-corrected chi connectivity index (χ0v) is 11.5. The third-order valence-electron chi connectivity index (χ3n) is 7.00. The number of rotatable bonds is 3. The Morgan fingerprint density at radius 3 is 2.61 bits per heavy atom. The zero-order chi connectivity index (χ0) is 13.1. The maximum absolute atomic E-state index is 11.2. The summed E-state index contributed by atoms with van der Waals surface area (Å²) in [7, 11) is 0. The minimum Gasteiger partial charge on any atom is -0.481 e. The van der Waals surface area contributed by atoms with Gasteiger partial charge in [-0.05, 0) is 66.7 Å². The first kappa shape index (κ1) is 12.5. The first-order valence-electron chi connectivity index (χ1n) is 7.37. The van der Waals surface area contributed by atoms with Gasteiger partial charge in [0.25, 0.3) is 0 Å². The molecule has 0 aromatic carbocycles. The standard InChI is InChI=1S/C15H25NO2/c1-9-3-4-10-13-11(5-6-14(9,13)2)15(10,8-16)7-12(17)18/h9-11,13H,3-8,16H2,1-2H3,(H,17,18). The van der Waals surface area contributed by atoms with Gasteiger partial charge in [0.2, 0.25) is 0 Å². The molecule has 3 aliphatic carbocycles. The summed E-state index contributed by atoms with van der Waals surface area (Å²) in [5.41, 5.74) is 6.41. The highest BCUT2D eigenvalue weighted by molar-refractivity contribution is 5.68. The number of aliphatic carboxylic acids is 1. The quantitative estimate of drug-likeness (QED) is 0.810. The molecule has 0 aliphatic heterocycles. The molecule has 0 aromatic heterocycles. The van der Waals surface area contributed by atoms with Gasteiger partial charge in [0.05, 0.1) is 6.42 Å². The van der Waals surface area contributed by atoms with Crippen molar-refractivity contribution in [2.45, 2.75) is 46.0 Å². The maximum atomic E-state index is 11.2. The zero-order valence-electron chi connectivity index (χ0n) is 11.5. The minimum atomic E-state index is -0.661. The molecule has 3 nitrogen and oxygen atoms in total. The second-order valence-corrected chi connectivity index (χ2v) is 7.27. The van der Waals surface area contributed by atoms with Gasteiger partial charge in [0.15, 0.2) is 0 Å². The van der Waals surface area contributed by atoms with Crippen molar-refractivity contribution in [3.8, 4) is 0 Å². The summed E-state index contributed by atoms with van der Waals surface area (Å²) in [4.78, 5) is 11.2. The second kappa shape index (κ2) is 3.72. The van der Waals surface area contributed by atoms with Crippen LogP contribution in [0.5, 0.6) is 0 Å². The molecular formula is C15H25NO2. The van der Waals surface area contributed by atoms with Crippen molar-refractivity contribution in [1.29, 1.82) is 0 Å². The fourth-order valence-electron chi connectivity index (χ4n) is 5.89. The Morgan fingerprint density at radius 2 is 2.00 bits per heavy atom. The van der Waals surface area contributed by atoms with Crippen LogP contribution in [0.15, 0.2) is 0 Å². The molecule has 0 aromatic rings. The number of hydrogen-bond acceptors (Lipinski definition) is 2. The van der Waals surface area contributed by atoms with Crippen LogP contribution in [0.1, 0.15) is 46.0 Å². The molecule has 0 spiro atoms. The van der Waals surface area contributed by atoms with Crippen molar-refractivity contribution >= 4 is 5.97 Å². The lowest BCUT2D eigenvalue weighted by atomic mass is 9.39. The van der Waals surface area contributed by atoms with Gasteiger partial charge >= 0.3 is 5.97 Å². The molecule has 0 heterocycles. The summed E-state index contributed by atoms with van der Waals surface area (Å²) < 4.78 is 0. The fourth-order valence-corrected chi connectivity index (χ4v) is 5.89. The lowest BCUT2D eigenvalue weighted by molar-refractivity contribution is -0.188. The van der Waals surface area contributed by atoms with Gasteiger partial charge in [0.1, 0.15) is 0 Å². The molecule has 6 unspecified atom stereocenters. The van der Waals surface area contributed by atoms with Crippen molar-refractivity contribution in [2.24, 2.45) is 40.2 Å². The fraction of sp³-hybridized carbons (Fsp3) is 0.933. The maximum Gasteiger partial charge on any atom is 0.303 e. The first-order valence-corrected chi connectivity index (χ1v) is 7.37. The van der Waals surface area contributed by atoms with Crippen LogP contribution in [-0.2, 0) is 4.79 Å². The highest BCUT2D eigenvalue weighted by atomic mass is 16.4. The Kier molecular flexibility index (Phi) is 2.58.